The summed E-state index contributed by atoms with van der Waals surface area (Å²) in [6.07, 6.45) is 2.05. The number of ether oxygens (including phenoxy) is 1. The minimum atomic E-state index is -1.59. The van der Waals surface area contributed by atoms with Crippen LogP contribution in [0, 0.1) is 5.82 Å². The Morgan fingerprint density at radius 1 is 1.55 bits per heavy atom. The summed E-state index contributed by atoms with van der Waals surface area (Å²) in [4.78, 5) is 24.2. The molecule has 1 unspecified atom stereocenters. The highest BCUT2D eigenvalue weighted by molar-refractivity contribution is 5.83. The van der Waals surface area contributed by atoms with Crippen LogP contribution in [0.1, 0.15) is 25.3 Å². The van der Waals surface area contributed by atoms with E-state index in [-0.39, 0.29) is 17.4 Å². The molecular weight excluding hydrogens is 265 g/mol. The molecule has 108 valence electrons. The Labute approximate surface area is 116 Å². The molecule has 1 saturated carbocycles. The Morgan fingerprint density at radius 2 is 2.20 bits per heavy atom. The number of carboxylic acids is 1. The van der Waals surface area contributed by atoms with Crippen molar-refractivity contribution in [2.24, 2.45) is 0 Å². The van der Waals surface area contributed by atoms with Gasteiger partial charge in [-0.25, -0.2) is 9.18 Å². The summed E-state index contributed by atoms with van der Waals surface area (Å²) in [5.74, 6) is -1.81. The van der Waals surface area contributed by atoms with E-state index < -0.39 is 17.3 Å². The van der Waals surface area contributed by atoms with Gasteiger partial charge in [-0.15, -0.1) is 0 Å². The van der Waals surface area contributed by atoms with Crippen molar-refractivity contribution in [3.8, 4) is 5.75 Å². The summed E-state index contributed by atoms with van der Waals surface area (Å²) in [5, 5.41) is 9.53. The highest BCUT2D eigenvalue weighted by Gasteiger charge is 2.47. The number of aliphatic carboxylic acids is 1. The van der Waals surface area contributed by atoms with E-state index in [9.17, 15) is 19.1 Å². The Bertz CT molecular complexity index is 544. The van der Waals surface area contributed by atoms with Crippen LogP contribution in [0.2, 0.25) is 0 Å². The predicted octanol–water partition coefficient (Wildman–Crippen LogP) is 1.75. The van der Waals surface area contributed by atoms with E-state index in [2.05, 4.69) is 0 Å². The topological polar surface area (TPSA) is 66.8 Å². The van der Waals surface area contributed by atoms with Crippen molar-refractivity contribution in [3.63, 3.8) is 0 Å². The number of hydrogen-bond acceptors (Lipinski definition) is 3. The van der Waals surface area contributed by atoms with Gasteiger partial charge < -0.3 is 14.7 Å². The largest absolute Gasteiger partial charge is 0.494 e. The molecule has 5 nitrogen and oxygen atoms in total. The third kappa shape index (κ3) is 2.21. The Hall–Kier alpha value is -2.11. The van der Waals surface area contributed by atoms with Gasteiger partial charge in [0, 0.05) is 6.04 Å². The molecule has 0 heterocycles. The molecule has 0 aromatic heterocycles. The van der Waals surface area contributed by atoms with Crippen LogP contribution in [-0.2, 0) is 15.1 Å². The molecule has 0 radical (unpaired) electrons. The molecule has 0 bridgehead atoms. The number of hydrogen-bond donors (Lipinski definition) is 1. The molecule has 0 aliphatic heterocycles. The summed E-state index contributed by atoms with van der Waals surface area (Å²) in [6, 6.07) is 3.83. The first-order valence-electron chi connectivity index (χ1n) is 6.26. The average molecular weight is 281 g/mol. The van der Waals surface area contributed by atoms with Gasteiger partial charge in [-0.1, -0.05) is 6.07 Å². The zero-order valence-corrected chi connectivity index (χ0v) is 11.3. The quantitative estimate of drug-likeness (QED) is 0.807. The molecule has 2 rings (SSSR count). The molecule has 0 spiro atoms. The fourth-order valence-corrected chi connectivity index (χ4v) is 2.26. The first-order chi connectivity index (χ1) is 9.44. The molecule has 1 aromatic rings. The highest BCUT2D eigenvalue weighted by Crippen LogP contribution is 2.38. The normalized spacial score (nSPS) is 17.1. The van der Waals surface area contributed by atoms with E-state index in [1.807, 2.05) is 0 Å². The van der Waals surface area contributed by atoms with E-state index >= 15 is 0 Å². The molecule has 6 heteroatoms. The molecule has 1 aliphatic carbocycles. The second-order valence-corrected chi connectivity index (χ2v) is 4.97. The van der Waals surface area contributed by atoms with Gasteiger partial charge in [0.05, 0.1) is 7.11 Å². The molecule has 1 aliphatic rings. The van der Waals surface area contributed by atoms with Gasteiger partial charge in [0.2, 0.25) is 6.41 Å². The SMILES string of the molecule is COc1ccc(C(C)(C(=O)O)N(C=O)C2CC2)cc1F. The maximum Gasteiger partial charge on any atom is 0.334 e. The van der Waals surface area contributed by atoms with Gasteiger partial charge in [-0.2, -0.15) is 0 Å². The Kier molecular flexibility index (Phi) is 3.65. The number of nitrogens with zero attached hydrogens (tertiary/aromatic N) is 1. The van der Waals surface area contributed by atoms with Crippen molar-refractivity contribution in [1.29, 1.82) is 0 Å². The molecule has 1 atom stereocenters. The van der Waals surface area contributed by atoms with Gasteiger partial charge in [0.25, 0.3) is 0 Å². The van der Waals surface area contributed by atoms with E-state index in [1.165, 1.54) is 31.1 Å². The summed E-state index contributed by atoms with van der Waals surface area (Å²) in [7, 11) is 1.33. The average Bonchev–Trinajstić information content (AvgIpc) is 3.23. The van der Waals surface area contributed by atoms with E-state index in [1.54, 1.807) is 0 Å². The molecular formula is C14H16FNO4. The number of carbonyl (C=O) groups excluding carboxylic acids is 1. The number of methoxy groups -OCH3 is 1. The van der Waals surface area contributed by atoms with Crippen LogP contribution in [0.15, 0.2) is 18.2 Å². The van der Waals surface area contributed by atoms with Crippen LogP contribution in [0.3, 0.4) is 0 Å². The third-order valence-corrected chi connectivity index (χ3v) is 3.70. The van der Waals surface area contributed by atoms with E-state index in [4.69, 9.17) is 4.74 Å². The van der Waals surface area contributed by atoms with Crippen LogP contribution in [0.25, 0.3) is 0 Å². The fraction of sp³-hybridized carbons (Fsp3) is 0.429. The van der Waals surface area contributed by atoms with Gasteiger partial charge in [0.15, 0.2) is 17.1 Å². The van der Waals surface area contributed by atoms with Crippen molar-refractivity contribution in [2.75, 3.05) is 7.11 Å². The molecule has 1 amide bonds. The number of carboxylic acid groups (broad SMARTS) is 1. The number of halogens is 1. The summed E-state index contributed by atoms with van der Waals surface area (Å²) in [6.45, 7) is 1.41. The molecule has 20 heavy (non-hydrogen) atoms. The van der Waals surface area contributed by atoms with Crippen LogP contribution in [0.4, 0.5) is 4.39 Å². The van der Waals surface area contributed by atoms with Gasteiger partial charge in [0.1, 0.15) is 0 Å². The van der Waals surface area contributed by atoms with Crippen LogP contribution >= 0.6 is 0 Å². The fourth-order valence-electron chi connectivity index (χ4n) is 2.26. The lowest BCUT2D eigenvalue weighted by atomic mass is 9.90. The van der Waals surface area contributed by atoms with Crippen molar-refractivity contribution >= 4 is 12.4 Å². The van der Waals surface area contributed by atoms with Crippen molar-refractivity contribution in [1.82, 2.24) is 4.90 Å². The second kappa shape index (κ2) is 5.11. The number of carbonyl (C=O) groups is 2. The lowest BCUT2D eigenvalue weighted by molar-refractivity contribution is -0.155. The van der Waals surface area contributed by atoms with Crippen molar-refractivity contribution < 1.29 is 23.8 Å². The summed E-state index contributed by atoms with van der Waals surface area (Å²) in [5.41, 5.74) is -1.38. The van der Waals surface area contributed by atoms with Gasteiger partial charge >= 0.3 is 5.97 Å². The Morgan fingerprint density at radius 3 is 2.60 bits per heavy atom. The maximum atomic E-state index is 13.8. The minimum Gasteiger partial charge on any atom is -0.494 e. The number of benzene rings is 1. The standard InChI is InChI=1S/C14H16FNO4/c1-14(13(18)19,16(8-17)10-4-5-10)9-3-6-12(20-2)11(15)7-9/h3,6-8,10H,4-5H2,1-2H3,(H,18,19). The van der Waals surface area contributed by atoms with Crippen LogP contribution < -0.4 is 4.74 Å². The third-order valence-electron chi connectivity index (χ3n) is 3.70. The van der Waals surface area contributed by atoms with Gasteiger partial charge in [-0.3, -0.25) is 4.79 Å². The van der Waals surface area contributed by atoms with Crippen molar-refractivity contribution in [2.45, 2.75) is 31.3 Å². The smallest absolute Gasteiger partial charge is 0.334 e. The predicted molar refractivity (Wildman–Crippen MR) is 68.9 cm³/mol. The zero-order valence-electron chi connectivity index (χ0n) is 11.3. The maximum absolute atomic E-state index is 13.8. The van der Waals surface area contributed by atoms with E-state index in [0.717, 1.165) is 18.9 Å². The van der Waals surface area contributed by atoms with Gasteiger partial charge in [-0.05, 0) is 37.5 Å². The molecule has 1 aromatic carbocycles. The minimum absolute atomic E-state index is 0.0329. The zero-order chi connectivity index (χ0) is 14.9. The summed E-state index contributed by atoms with van der Waals surface area (Å²) < 4.78 is 18.6. The first-order valence-corrected chi connectivity index (χ1v) is 6.26. The van der Waals surface area contributed by atoms with Crippen LogP contribution in [0.5, 0.6) is 5.75 Å². The Balaban J connectivity index is 2.49. The number of rotatable bonds is 6. The lowest BCUT2D eigenvalue weighted by Crippen LogP contribution is -2.50. The summed E-state index contributed by atoms with van der Waals surface area (Å²) >= 11 is 0. The number of amides is 1. The molecule has 0 saturated heterocycles. The highest BCUT2D eigenvalue weighted by atomic mass is 19.1. The lowest BCUT2D eigenvalue weighted by Gasteiger charge is -2.35. The second-order valence-electron chi connectivity index (χ2n) is 4.97. The molecule has 1 fully saturated rings. The van der Waals surface area contributed by atoms with E-state index in [0.29, 0.717) is 6.41 Å². The monoisotopic (exact) mass is 281 g/mol. The first kappa shape index (κ1) is 14.3. The molecule has 1 N–H and O–H groups in total. The van der Waals surface area contributed by atoms with Crippen molar-refractivity contribution in [3.05, 3.63) is 29.6 Å². The van der Waals surface area contributed by atoms with Crippen LogP contribution in [-0.4, -0.2) is 35.5 Å².